The molecule has 0 radical (unpaired) electrons. The lowest BCUT2D eigenvalue weighted by molar-refractivity contribution is 0.0500. The highest BCUT2D eigenvalue weighted by molar-refractivity contribution is 6.17. The highest BCUT2D eigenvalue weighted by Gasteiger charge is 2.28. The second-order valence-corrected chi connectivity index (χ2v) is 5.97. The van der Waals surface area contributed by atoms with Gasteiger partial charge < -0.3 is 9.47 Å². The first-order valence-corrected chi connectivity index (χ1v) is 8.59. The van der Waals surface area contributed by atoms with Crippen molar-refractivity contribution >= 4 is 29.4 Å². The first-order valence-electron chi connectivity index (χ1n) is 8.05. The van der Waals surface area contributed by atoms with E-state index in [2.05, 4.69) is 0 Å². The Morgan fingerprint density at radius 3 is 2.68 bits per heavy atom. The van der Waals surface area contributed by atoms with Crippen LogP contribution < -0.4 is 4.74 Å². The van der Waals surface area contributed by atoms with E-state index in [9.17, 15) is 9.59 Å². The molecule has 0 amide bonds. The standard InChI is InChI=1S/C20H17ClO4/c21-10-4-5-11-24-20(23)15-8-9-17-16(13-15)19(22)18(25-17)12-14-6-2-1-3-7-14/h1-3,6-9,12-13H,4-5,10-11H2. The van der Waals surface area contributed by atoms with E-state index >= 15 is 0 Å². The molecule has 1 aliphatic heterocycles. The van der Waals surface area contributed by atoms with E-state index in [0.29, 0.717) is 35.8 Å². The van der Waals surface area contributed by atoms with Crippen molar-refractivity contribution in [2.75, 3.05) is 12.5 Å². The third-order valence-electron chi connectivity index (χ3n) is 3.76. The van der Waals surface area contributed by atoms with Crippen molar-refractivity contribution in [2.45, 2.75) is 12.8 Å². The number of ether oxygens (including phenoxy) is 2. The number of esters is 1. The summed E-state index contributed by atoms with van der Waals surface area (Å²) in [4.78, 5) is 24.6. The van der Waals surface area contributed by atoms with E-state index in [1.807, 2.05) is 30.3 Å². The molecule has 0 bridgehead atoms. The monoisotopic (exact) mass is 356 g/mol. The molecular weight excluding hydrogens is 340 g/mol. The summed E-state index contributed by atoms with van der Waals surface area (Å²) in [6.45, 7) is 0.312. The van der Waals surface area contributed by atoms with Crippen molar-refractivity contribution in [1.82, 2.24) is 0 Å². The normalized spacial score (nSPS) is 14.3. The Hall–Kier alpha value is -2.59. The van der Waals surface area contributed by atoms with E-state index in [-0.39, 0.29) is 11.5 Å². The lowest BCUT2D eigenvalue weighted by Gasteiger charge is -2.05. The zero-order valence-corrected chi connectivity index (χ0v) is 14.3. The van der Waals surface area contributed by atoms with Crippen LogP contribution in [0.1, 0.15) is 39.1 Å². The average Bonchev–Trinajstić information content (AvgIpc) is 2.95. The number of unbranched alkanes of at least 4 members (excludes halogenated alkanes) is 1. The SMILES string of the molecule is O=C(OCCCCCl)c1ccc2c(c1)C(=O)C(=Cc1ccccc1)O2. The van der Waals surface area contributed by atoms with Gasteiger partial charge in [0.2, 0.25) is 5.78 Å². The maximum absolute atomic E-state index is 12.5. The number of rotatable bonds is 6. The Morgan fingerprint density at radius 2 is 1.92 bits per heavy atom. The lowest BCUT2D eigenvalue weighted by atomic mass is 10.1. The largest absolute Gasteiger partial charge is 0.462 e. The molecular formula is C20H17ClO4. The average molecular weight is 357 g/mol. The maximum atomic E-state index is 12.5. The predicted molar refractivity (Wildman–Crippen MR) is 96.1 cm³/mol. The van der Waals surface area contributed by atoms with Crippen molar-refractivity contribution in [2.24, 2.45) is 0 Å². The fourth-order valence-corrected chi connectivity index (χ4v) is 2.65. The number of hydrogen-bond donors (Lipinski definition) is 0. The van der Waals surface area contributed by atoms with Gasteiger partial charge in [0.15, 0.2) is 5.76 Å². The molecule has 0 saturated heterocycles. The molecule has 128 valence electrons. The highest BCUT2D eigenvalue weighted by atomic mass is 35.5. The summed E-state index contributed by atoms with van der Waals surface area (Å²) < 4.78 is 10.8. The second-order valence-electron chi connectivity index (χ2n) is 5.59. The summed E-state index contributed by atoms with van der Waals surface area (Å²) in [7, 11) is 0. The molecule has 1 heterocycles. The topological polar surface area (TPSA) is 52.6 Å². The molecule has 2 aromatic rings. The van der Waals surface area contributed by atoms with Crippen LogP contribution in [0.5, 0.6) is 5.75 Å². The number of alkyl halides is 1. The zero-order chi connectivity index (χ0) is 17.6. The van der Waals surface area contributed by atoms with Crippen LogP contribution >= 0.6 is 11.6 Å². The third-order valence-corrected chi connectivity index (χ3v) is 4.03. The summed E-state index contributed by atoms with van der Waals surface area (Å²) in [5.74, 6) is 0.541. The fourth-order valence-electron chi connectivity index (χ4n) is 2.46. The molecule has 2 aromatic carbocycles. The summed E-state index contributed by atoms with van der Waals surface area (Å²) in [6, 6.07) is 14.2. The first-order chi connectivity index (χ1) is 12.2. The van der Waals surface area contributed by atoms with Gasteiger partial charge in [-0.05, 0) is 42.7 Å². The van der Waals surface area contributed by atoms with E-state index in [1.54, 1.807) is 18.2 Å². The number of hydrogen-bond acceptors (Lipinski definition) is 4. The molecule has 0 N–H and O–H groups in total. The number of halogens is 1. The molecule has 5 heteroatoms. The predicted octanol–water partition coefficient (Wildman–Crippen LogP) is 4.48. The summed E-state index contributed by atoms with van der Waals surface area (Å²) in [5, 5.41) is 0. The Labute approximate surface area is 151 Å². The molecule has 0 atom stereocenters. The Bertz CT molecular complexity index is 812. The molecule has 0 aromatic heterocycles. The molecule has 0 saturated carbocycles. The number of Topliss-reactive ketones (excluding diaryl/α,β-unsaturated/α-hetero) is 1. The van der Waals surface area contributed by atoms with E-state index in [0.717, 1.165) is 12.0 Å². The Kier molecular flexibility index (Phi) is 5.51. The molecule has 0 fully saturated rings. The van der Waals surface area contributed by atoms with Gasteiger partial charge in [-0.1, -0.05) is 30.3 Å². The number of carbonyl (C=O) groups excluding carboxylic acids is 2. The van der Waals surface area contributed by atoms with Gasteiger partial charge in [-0.2, -0.15) is 0 Å². The van der Waals surface area contributed by atoms with Crippen LogP contribution in [0.25, 0.3) is 6.08 Å². The minimum atomic E-state index is -0.453. The number of carbonyl (C=O) groups is 2. The van der Waals surface area contributed by atoms with Gasteiger partial charge in [-0.25, -0.2) is 4.79 Å². The van der Waals surface area contributed by atoms with E-state index < -0.39 is 5.97 Å². The van der Waals surface area contributed by atoms with Gasteiger partial charge in [-0.3, -0.25) is 4.79 Å². The molecule has 25 heavy (non-hydrogen) atoms. The van der Waals surface area contributed by atoms with Gasteiger partial charge in [0.1, 0.15) is 5.75 Å². The highest BCUT2D eigenvalue weighted by Crippen LogP contribution is 2.32. The molecule has 3 rings (SSSR count). The fraction of sp³-hybridized carbons (Fsp3) is 0.200. The Balaban J connectivity index is 1.74. The number of ketones is 1. The minimum absolute atomic E-state index is 0.240. The van der Waals surface area contributed by atoms with Crippen molar-refractivity contribution in [3.8, 4) is 5.75 Å². The van der Waals surface area contributed by atoms with Gasteiger partial charge >= 0.3 is 5.97 Å². The van der Waals surface area contributed by atoms with Crippen LogP contribution in [0.4, 0.5) is 0 Å². The minimum Gasteiger partial charge on any atom is -0.462 e. The van der Waals surface area contributed by atoms with Crippen molar-refractivity contribution in [3.05, 3.63) is 71.0 Å². The molecule has 0 aliphatic carbocycles. The molecule has 4 nitrogen and oxygen atoms in total. The summed E-state index contributed by atoms with van der Waals surface area (Å²) >= 11 is 5.59. The van der Waals surface area contributed by atoms with Crippen molar-refractivity contribution in [3.63, 3.8) is 0 Å². The van der Waals surface area contributed by atoms with Crippen molar-refractivity contribution < 1.29 is 19.1 Å². The zero-order valence-electron chi connectivity index (χ0n) is 13.5. The number of fused-ring (bicyclic) bond motifs is 1. The maximum Gasteiger partial charge on any atom is 0.338 e. The van der Waals surface area contributed by atoms with Gasteiger partial charge in [0, 0.05) is 5.88 Å². The van der Waals surface area contributed by atoms with Crippen LogP contribution in [0.15, 0.2) is 54.3 Å². The number of benzene rings is 2. The van der Waals surface area contributed by atoms with Crippen LogP contribution in [0.3, 0.4) is 0 Å². The van der Waals surface area contributed by atoms with Gasteiger partial charge in [-0.15, -0.1) is 11.6 Å². The third kappa shape index (κ3) is 4.09. The smallest absolute Gasteiger partial charge is 0.338 e. The summed E-state index contributed by atoms with van der Waals surface area (Å²) in [5.41, 5.74) is 1.58. The first kappa shape index (κ1) is 17.2. The second kappa shape index (κ2) is 7.99. The van der Waals surface area contributed by atoms with E-state index in [4.69, 9.17) is 21.1 Å². The van der Waals surface area contributed by atoms with Gasteiger partial charge in [0.25, 0.3) is 0 Å². The van der Waals surface area contributed by atoms with E-state index in [1.165, 1.54) is 6.07 Å². The molecule has 1 aliphatic rings. The lowest BCUT2D eigenvalue weighted by Crippen LogP contribution is -2.07. The number of allylic oxidation sites excluding steroid dienone is 1. The molecule has 0 spiro atoms. The molecule has 0 unspecified atom stereocenters. The van der Waals surface area contributed by atoms with Crippen LogP contribution in [-0.4, -0.2) is 24.2 Å². The Morgan fingerprint density at radius 1 is 1.12 bits per heavy atom. The van der Waals surface area contributed by atoms with Crippen LogP contribution in [0, 0.1) is 0 Å². The summed E-state index contributed by atoms with van der Waals surface area (Å²) in [6.07, 6.45) is 3.19. The van der Waals surface area contributed by atoms with Crippen LogP contribution in [0.2, 0.25) is 0 Å². The van der Waals surface area contributed by atoms with Gasteiger partial charge in [0.05, 0.1) is 17.7 Å². The van der Waals surface area contributed by atoms with Crippen molar-refractivity contribution in [1.29, 1.82) is 0 Å². The van der Waals surface area contributed by atoms with Crippen LogP contribution in [-0.2, 0) is 4.74 Å². The quantitative estimate of drug-likeness (QED) is 0.331.